The Balaban J connectivity index is 3.32. The van der Waals surface area contributed by atoms with Gasteiger partial charge in [-0.3, -0.25) is 0 Å². The Morgan fingerprint density at radius 2 is 2.30 bits per heavy atom. The molecule has 1 N–H and O–H groups in total. The minimum atomic E-state index is -4.66. The third kappa shape index (κ3) is 1.35. The molecule has 1 aromatic rings. The van der Waals surface area contributed by atoms with E-state index in [1.165, 1.54) is 0 Å². The van der Waals surface area contributed by atoms with Gasteiger partial charge < -0.3 is 4.98 Å². The Hall–Kier alpha value is -0.430. The van der Waals surface area contributed by atoms with Gasteiger partial charge in [0.1, 0.15) is 4.60 Å². The van der Waals surface area contributed by atoms with Gasteiger partial charge in [-0.15, -0.1) is 0 Å². The molecule has 0 amide bonds. The molecule has 4 nitrogen and oxygen atoms in total. The molecule has 0 atom stereocenters. The maximum atomic E-state index is 12.1. The van der Waals surface area contributed by atoms with Crippen molar-refractivity contribution in [2.45, 2.75) is 5.03 Å². The second-order valence-corrected chi connectivity index (χ2v) is 3.50. The third-order valence-corrected chi connectivity index (χ3v) is 2.47. The average molecular weight is 229 g/mol. The minimum Gasteiger partial charge on any atom is -0.332 e. The lowest BCUT2D eigenvalue weighted by atomic mass is 10.9. The average Bonchev–Trinajstić information content (AvgIpc) is 2.11. The Bertz CT molecular complexity index is 332. The molecular weight excluding hydrogens is 227 g/mol. The number of H-pyrrole nitrogens is 1. The molecular formula is C3H2BrFN2O2S. The molecule has 1 rings (SSSR count). The summed E-state index contributed by atoms with van der Waals surface area (Å²) in [7, 11) is -4.66. The molecule has 0 unspecified atom stereocenters. The number of halogens is 2. The predicted octanol–water partition coefficient (Wildman–Crippen LogP) is 0.830. The number of hydrogen-bond acceptors (Lipinski definition) is 3. The van der Waals surface area contributed by atoms with Crippen LogP contribution < -0.4 is 0 Å². The molecule has 1 heterocycles. The van der Waals surface area contributed by atoms with Crippen LogP contribution in [0.5, 0.6) is 0 Å². The monoisotopic (exact) mass is 228 g/mol. The van der Waals surface area contributed by atoms with Gasteiger partial charge >= 0.3 is 10.2 Å². The smallest absolute Gasteiger partial charge is 0.332 e. The van der Waals surface area contributed by atoms with E-state index in [0.717, 1.165) is 6.33 Å². The van der Waals surface area contributed by atoms with Gasteiger partial charge in [-0.05, 0) is 15.9 Å². The summed E-state index contributed by atoms with van der Waals surface area (Å²) in [6, 6.07) is 0. The van der Waals surface area contributed by atoms with Crippen LogP contribution in [0.4, 0.5) is 3.89 Å². The van der Waals surface area contributed by atoms with Crippen LogP contribution in [-0.4, -0.2) is 18.4 Å². The molecule has 0 saturated heterocycles. The van der Waals surface area contributed by atoms with E-state index in [2.05, 4.69) is 25.9 Å². The highest BCUT2D eigenvalue weighted by atomic mass is 79.9. The fourth-order valence-electron chi connectivity index (χ4n) is 0.437. The normalized spacial score (nSPS) is 11.8. The summed E-state index contributed by atoms with van der Waals surface area (Å²) in [5.41, 5.74) is 0. The molecule has 0 saturated carbocycles. The van der Waals surface area contributed by atoms with Crippen molar-refractivity contribution in [1.82, 2.24) is 9.97 Å². The predicted molar refractivity (Wildman–Crippen MR) is 34.6 cm³/mol. The lowest BCUT2D eigenvalue weighted by molar-refractivity contribution is 0.548. The van der Waals surface area contributed by atoms with Crippen molar-refractivity contribution in [1.29, 1.82) is 0 Å². The molecule has 0 aromatic carbocycles. The van der Waals surface area contributed by atoms with Crippen LogP contribution in [0.15, 0.2) is 16.0 Å². The first-order chi connectivity index (χ1) is 4.52. The highest BCUT2D eigenvalue weighted by Crippen LogP contribution is 2.17. The summed E-state index contributed by atoms with van der Waals surface area (Å²) in [5, 5.41) is -0.549. The molecule has 56 valence electrons. The van der Waals surface area contributed by atoms with Crippen LogP contribution in [-0.2, 0) is 10.2 Å². The highest BCUT2D eigenvalue weighted by Gasteiger charge is 2.17. The minimum absolute atomic E-state index is 0.0463. The summed E-state index contributed by atoms with van der Waals surface area (Å²) in [6.45, 7) is 0. The van der Waals surface area contributed by atoms with Crippen molar-refractivity contribution in [3.63, 3.8) is 0 Å². The summed E-state index contributed by atoms with van der Waals surface area (Å²) in [4.78, 5) is 5.55. The Labute approximate surface area is 64.8 Å². The first kappa shape index (κ1) is 7.67. The van der Waals surface area contributed by atoms with Crippen molar-refractivity contribution >= 4 is 26.2 Å². The number of rotatable bonds is 1. The van der Waals surface area contributed by atoms with Crippen LogP contribution in [0.25, 0.3) is 0 Å². The van der Waals surface area contributed by atoms with E-state index in [9.17, 15) is 12.3 Å². The second kappa shape index (κ2) is 2.31. The van der Waals surface area contributed by atoms with Gasteiger partial charge in [-0.1, -0.05) is 3.89 Å². The second-order valence-electron chi connectivity index (χ2n) is 1.46. The Morgan fingerprint density at radius 3 is 2.50 bits per heavy atom. The molecule has 1 aromatic heterocycles. The quantitative estimate of drug-likeness (QED) is 0.725. The van der Waals surface area contributed by atoms with Gasteiger partial charge in [0, 0.05) is 0 Å². The third-order valence-electron chi connectivity index (χ3n) is 0.805. The fourth-order valence-corrected chi connectivity index (χ4v) is 1.68. The van der Waals surface area contributed by atoms with E-state index in [1.54, 1.807) is 0 Å². The highest BCUT2D eigenvalue weighted by molar-refractivity contribution is 9.10. The van der Waals surface area contributed by atoms with Crippen molar-refractivity contribution in [2.24, 2.45) is 0 Å². The van der Waals surface area contributed by atoms with Gasteiger partial charge in [0.15, 0.2) is 5.03 Å². The maximum absolute atomic E-state index is 12.1. The molecule has 0 bridgehead atoms. The topological polar surface area (TPSA) is 62.8 Å². The lowest BCUT2D eigenvalue weighted by Gasteiger charge is -1.85. The Morgan fingerprint density at radius 1 is 1.70 bits per heavy atom. The Kier molecular flexibility index (Phi) is 1.78. The van der Waals surface area contributed by atoms with Crippen LogP contribution in [0.1, 0.15) is 0 Å². The van der Waals surface area contributed by atoms with Gasteiger partial charge in [0.2, 0.25) is 0 Å². The van der Waals surface area contributed by atoms with Crippen LogP contribution in [0.2, 0.25) is 0 Å². The number of aromatic amines is 1. The van der Waals surface area contributed by atoms with Crippen LogP contribution in [0.3, 0.4) is 0 Å². The molecule has 0 aliphatic rings. The number of imidazole rings is 1. The van der Waals surface area contributed by atoms with Crippen molar-refractivity contribution in [3.8, 4) is 0 Å². The largest absolute Gasteiger partial charge is 0.350 e. The molecule has 7 heteroatoms. The zero-order valence-corrected chi connectivity index (χ0v) is 6.91. The van der Waals surface area contributed by atoms with E-state index >= 15 is 0 Å². The van der Waals surface area contributed by atoms with E-state index in [-0.39, 0.29) is 4.60 Å². The fraction of sp³-hybridized carbons (Fsp3) is 0. The van der Waals surface area contributed by atoms with E-state index in [0.29, 0.717) is 0 Å². The molecule has 0 radical (unpaired) electrons. The van der Waals surface area contributed by atoms with E-state index in [1.807, 2.05) is 0 Å². The number of nitrogens with one attached hydrogen (secondary N) is 1. The molecule has 0 spiro atoms. The van der Waals surface area contributed by atoms with E-state index in [4.69, 9.17) is 0 Å². The summed E-state index contributed by atoms with van der Waals surface area (Å²) >= 11 is 2.74. The molecule has 10 heavy (non-hydrogen) atoms. The first-order valence-corrected chi connectivity index (χ1v) is 4.33. The SMILES string of the molecule is O=S(=O)(F)c1[nH]cnc1Br. The lowest BCUT2D eigenvalue weighted by Crippen LogP contribution is -1.92. The van der Waals surface area contributed by atoms with Crippen molar-refractivity contribution in [3.05, 3.63) is 10.9 Å². The number of hydrogen-bond donors (Lipinski definition) is 1. The van der Waals surface area contributed by atoms with Gasteiger partial charge in [-0.25, -0.2) is 4.98 Å². The van der Waals surface area contributed by atoms with Gasteiger partial charge in [-0.2, -0.15) is 8.42 Å². The number of nitrogens with zero attached hydrogens (tertiary/aromatic N) is 1. The van der Waals surface area contributed by atoms with Crippen molar-refractivity contribution < 1.29 is 12.3 Å². The summed E-state index contributed by atoms with van der Waals surface area (Å²) in [5.74, 6) is 0. The summed E-state index contributed by atoms with van der Waals surface area (Å²) in [6.07, 6.45) is 1.08. The van der Waals surface area contributed by atoms with Crippen LogP contribution in [0, 0.1) is 0 Å². The van der Waals surface area contributed by atoms with Crippen LogP contribution >= 0.6 is 15.9 Å². The zero-order chi connectivity index (χ0) is 7.78. The molecule has 0 fully saturated rings. The van der Waals surface area contributed by atoms with Crippen molar-refractivity contribution in [2.75, 3.05) is 0 Å². The van der Waals surface area contributed by atoms with E-state index < -0.39 is 15.2 Å². The standard InChI is InChI=1S/C3H2BrFN2O2S/c4-2-3(7-1-6-2)10(5,8)9/h1H,(H,6,7). The number of aromatic nitrogens is 2. The maximum Gasteiger partial charge on any atom is 0.350 e. The molecule has 0 aliphatic heterocycles. The molecule has 0 aliphatic carbocycles. The first-order valence-electron chi connectivity index (χ1n) is 2.15. The zero-order valence-electron chi connectivity index (χ0n) is 4.51. The van der Waals surface area contributed by atoms with Gasteiger partial charge in [0.25, 0.3) is 0 Å². The van der Waals surface area contributed by atoms with Gasteiger partial charge in [0.05, 0.1) is 6.33 Å². The summed E-state index contributed by atoms with van der Waals surface area (Å²) < 4.78 is 32.3.